The number of phenols is 1. The maximum atomic E-state index is 12.2. The van der Waals surface area contributed by atoms with Gasteiger partial charge in [0.25, 0.3) is 17.5 Å². The summed E-state index contributed by atoms with van der Waals surface area (Å²) in [5.41, 5.74) is 0.0811. The van der Waals surface area contributed by atoms with Gasteiger partial charge in [-0.3, -0.25) is 19.7 Å². The van der Waals surface area contributed by atoms with Crippen LogP contribution in [-0.4, -0.2) is 41.2 Å². The highest BCUT2D eigenvalue weighted by Crippen LogP contribution is 2.24. The van der Waals surface area contributed by atoms with E-state index < -0.39 is 10.8 Å². The van der Waals surface area contributed by atoms with Crippen LogP contribution in [0.2, 0.25) is 0 Å². The topological polar surface area (TPSA) is 122 Å². The molecule has 2 aromatic rings. The summed E-state index contributed by atoms with van der Waals surface area (Å²) in [4.78, 5) is 35.3. The van der Waals surface area contributed by atoms with Crippen LogP contribution in [0.4, 0.5) is 5.69 Å². The van der Waals surface area contributed by atoms with Gasteiger partial charge in [0.05, 0.1) is 4.92 Å². The molecule has 0 aromatic heterocycles. The third-order valence-corrected chi connectivity index (χ3v) is 4.20. The van der Waals surface area contributed by atoms with Gasteiger partial charge in [-0.2, -0.15) is 0 Å². The molecule has 0 unspecified atom stereocenters. The van der Waals surface area contributed by atoms with E-state index in [-0.39, 0.29) is 36.0 Å². The number of nitro groups is 1. The van der Waals surface area contributed by atoms with Crippen molar-refractivity contribution in [2.75, 3.05) is 19.3 Å². The average molecular weight is 375 g/mol. The molecule has 0 heterocycles. The molecule has 0 saturated heterocycles. The zero-order chi connectivity index (χ0) is 19.1. The second-order valence-electron chi connectivity index (χ2n) is 5.20. The third-order valence-electron chi connectivity index (χ3n) is 3.47. The first-order valence-corrected chi connectivity index (χ1v) is 8.82. The first-order chi connectivity index (χ1) is 12.4. The molecule has 0 aliphatic carbocycles. The summed E-state index contributed by atoms with van der Waals surface area (Å²) in [6.45, 7) is 0.269. The Morgan fingerprint density at radius 1 is 1.08 bits per heavy atom. The molecule has 2 rings (SSSR count). The number of thioether (sulfide) groups is 1. The summed E-state index contributed by atoms with van der Waals surface area (Å²) in [7, 11) is 0. The van der Waals surface area contributed by atoms with Crippen molar-refractivity contribution in [3.05, 3.63) is 63.7 Å². The van der Waals surface area contributed by atoms with E-state index >= 15 is 0 Å². The first kappa shape index (κ1) is 19.3. The van der Waals surface area contributed by atoms with Gasteiger partial charge in [0.15, 0.2) is 0 Å². The number of rotatable bonds is 7. The predicted molar refractivity (Wildman–Crippen MR) is 97.7 cm³/mol. The van der Waals surface area contributed by atoms with Gasteiger partial charge in [0.2, 0.25) is 0 Å². The fraction of sp³-hybridized carbons (Fsp3) is 0.176. The number of nitrogens with zero attached hydrogens (tertiary/aromatic N) is 1. The summed E-state index contributed by atoms with van der Waals surface area (Å²) in [6, 6.07) is 10.1. The molecule has 0 spiro atoms. The van der Waals surface area contributed by atoms with E-state index in [4.69, 9.17) is 0 Å². The van der Waals surface area contributed by atoms with E-state index in [1.807, 2.05) is 6.26 Å². The summed E-state index contributed by atoms with van der Waals surface area (Å²) in [5, 5.41) is 25.4. The lowest BCUT2D eigenvalue weighted by molar-refractivity contribution is -0.385. The van der Waals surface area contributed by atoms with Crippen molar-refractivity contribution in [3.63, 3.8) is 0 Å². The number of carbonyl (C=O) groups is 2. The lowest BCUT2D eigenvalue weighted by Crippen LogP contribution is -2.34. The smallest absolute Gasteiger partial charge is 0.282 e. The molecule has 0 aliphatic heterocycles. The van der Waals surface area contributed by atoms with Crippen molar-refractivity contribution >= 4 is 29.3 Å². The average Bonchev–Trinajstić information content (AvgIpc) is 2.64. The SMILES string of the molecule is CSc1ccc([N+](=O)[O-])c(C(=O)NCCNC(=O)c2ccc(O)cc2)c1. The number of nitro benzene ring substituents is 1. The Balaban J connectivity index is 1.91. The van der Waals surface area contributed by atoms with E-state index in [1.165, 1.54) is 48.2 Å². The molecule has 9 heteroatoms. The van der Waals surface area contributed by atoms with Crippen LogP contribution in [0.5, 0.6) is 5.75 Å². The van der Waals surface area contributed by atoms with Gasteiger partial charge >= 0.3 is 0 Å². The molecule has 2 amide bonds. The molecule has 2 aromatic carbocycles. The molecular weight excluding hydrogens is 358 g/mol. The Morgan fingerprint density at radius 3 is 2.27 bits per heavy atom. The number of nitrogens with one attached hydrogen (secondary N) is 2. The van der Waals surface area contributed by atoms with Crippen molar-refractivity contribution in [1.82, 2.24) is 10.6 Å². The highest BCUT2D eigenvalue weighted by molar-refractivity contribution is 7.98. The summed E-state index contributed by atoms with van der Waals surface area (Å²) in [6.07, 6.45) is 1.81. The Kier molecular flexibility index (Phi) is 6.56. The summed E-state index contributed by atoms with van der Waals surface area (Å²) in [5.74, 6) is -0.871. The Bertz CT molecular complexity index is 824. The first-order valence-electron chi connectivity index (χ1n) is 7.60. The molecule has 8 nitrogen and oxygen atoms in total. The largest absolute Gasteiger partial charge is 0.508 e. The number of benzene rings is 2. The van der Waals surface area contributed by atoms with Gasteiger partial charge in [-0.05, 0) is 42.7 Å². The molecule has 3 N–H and O–H groups in total. The van der Waals surface area contributed by atoms with Gasteiger partial charge in [-0.1, -0.05) is 0 Å². The van der Waals surface area contributed by atoms with Gasteiger partial charge in [-0.15, -0.1) is 11.8 Å². The van der Waals surface area contributed by atoms with E-state index in [1.54, 1.807) is 6.07 Å². The van der Waals surface area contributed by atoms with E-state index in [0.29, 0.717) is 5.56 Å². The molecule has 0 bridgehead atoms. The lowest BCUT2D eigenvalue weighted by atomic mass is 10.1. The molecule has 0 aliphatic rings. The zero-order valence-corrected chi connectivity index (χ0v) is 14.7. The Hall–Kier alpha value is -3.07. The second kappa shape index (κ2) is 8.86. The van der Waals surface area contributed by atoms with Crippen molar-refractivity contribution in [2.45, 2.75) is 4.90 Å². The van der Waals surface area contributed by atoms with Gasteiger partial charge in [0, 0.05) is 29.6 Å². The lowest BCUT2D eigenvalue weighted by Gasteiger charge is -2.08. The summed E-state index contributed by atoms with van der Waals surface area (Å²) < 4.78 is 0. The molecule has 0 atom stereocenters. The maximum Gasteiger partial charge on any atom is 0.282 e. The monoisotopic (exact) mass is 375 g/mol. The fourth-order valence-electron chi connectivity index (χ4n) is 2.15. The summed E-state index contributed by atoms with van der Waals surface area (Å²) >= 11 is 1.37. The van der Waals surface area contributed by atoms with Crippen LogP contribution in [0.1, 0.15) is 20.7 Å². The van der Waals surface area contributed by atoms with Crippen LogP contribution in [0.3, 0.4) is 0 Å². The van der Waals surface area contributed by atoms with Crippen LogP contribution in [0, 0.1) is 10.1 Å². The van der Waals surface area contributed by atoms with Crippen LogP contribution in [-0.2, 0) is 0 Å². The van der Waals surface area contributed by atoms with Gasteiger partial charge < -0.3 is 15.7 Å². The van der Waals surface area contributed by atoms with Crippen molar-refractivity contribution in [2.24, 2.45) is 0 Å². The fourth-order valence-corrected chi connectivity index (χ4v) is 2.59. The quantitative estimate of drug-likeness (QED) is 0.295. The van der Waals surface area contributed by atoms with Gasteiger partial charge in [-0.25, -0.2) is 0 Å². The van der Waals surface area contributed by atoms with Crippen molar-refractivity contribution < 1.29 is 19.6 Å². The number of aromatic hydroxyl groups is 1. The normalized spacial score (nSPS) is 10.2. The molecule has 0 radical (unpaired) electrons. The second-order valence-corrected chi connectivity index (χ2v) is 6.08. The number of carbonyl (C=O) groups excluding carboxylic acids is 2. The predicted octanol–water partition coefficient (Wildman–Crippen LogP) is 2.18. The Morgan fingerprint density at radius 2 is 1.69 bits per heavy atom. The van der Waals surface area contributed by atoms with Crippen LogP contribution in [0.15, 0.2) is 47.4 Å². The standard InChI is InChI=1S/C17H17N3O5S/c1-26-13-6-7-15(20(24)25)14(10-13)17(23)19-9-8-18-16(22)11-2-4-12(21)5-3-11/h2-7,10,21H,8-9H2,1H3,(H,18,22)(H,19,23). The number of hydrogen-bond acceptors (Lipinski definition) is 6. The molecule has 136 valence electrons. The van der Waals surface area contributed by atoms with Crippen LogP contribution in [0.25, 0.3) is 0 Å². The maximum absolute atomic E-state index is 12.2. The van der Waals surface area contributed by atoms with E-state index in [9.17, 15) is 24.8 Å². The van der Waals surface area contributed by atoms with Crippen LogP contribution < -0.4 is 10.6 Å². The minimum atomic E-state index is -0.606. The number of hydrogen-bond donors (Lipinski definition) is 3. The van der Waals surface area contributed by atoms with E-state index in [2.05, 4.69) is 10.6 Å². The zero-order valence-electron chi connectivity index (χ0n) is 13.9. The van der Waals surface area contributed by atoms with Crippen molar-refractivity contribution in [1.29, 1.82) is 0 Å². The highest BCUT2D eigenvalue weighted by atomic mass is 32.2. The Labute approximate surface area is 153 Å². The van der Waals surface area contributed by atoms with Crippen LogP contribution >= 0.6 is 11.8 Å². The number of amides is 2. The number of phenolic OH excluding ortho intramolecular Hbond substituents is 1. The molecular formula is C17H17N3O5S. The van der Waals surface area contributed by atoms with Crippen molar-refractivity contribution in [3.8, 4) is 5.75 Å². The highest BCUT2D eigenvalue weighted by Gasteiger charge is 2.20. The van der Waals surface area contributed by atoms with Gasteiger partial charge in [0.1, 0.15) is 11.3 Å². The minimum absolute atomic E-state index is 0.0216. The third kappa shape index (κ3) is 4.96. The van der Waals surface area contributed by atoms with E-state index in [0.717, 1.165) is 4.90 Å². The molecule has 26 heavy (non-hydrogen) atoms. The minimum Gasteiger partial charge on any atom is -0.508 e. The molecule has 0 saturated carbocycles. The molecule has 0 fully saturated rings.